The standard InChI is InChI=1S/C10H17N3O/c1-7(11)5-13-9-4-8(2)12-6-10(9)14-3/h4,6-7H,5,11H2,1-3H3,(H,12,13). The summed E-state index contributed by atoms with van der Waals surface area (Å²) in [7, 11) is 1.63. The van der Waals surface area contributed by atoms with Crippen molar-refractivity contribution in [3.05, 3.63) is 18.0 Å². The highest BCUT2D eigenvalue weighted by Gasteiger charge is 2.03. The molecule has 1 rings (SSSR count). The first-order valence-corrected chi connectivity index (χ1v) is 4.63. The molecule has 0 amide bonds. The van der Waals surface area contributed by atoms with E-state index in [2.05, 4.69) is 10.3 Å². The van der Waals surface area contributed by atoms with Crippen LogP contribution in [0.15, 0.2) is 12.3 Å². The molecule has 1 atom stereocenters. The molecule has 0 aliphatic carbocycles. The minimum atomic E-state index is 0.119. The normalized spacial score (nSPS) is 12.3. The first kappa shape index (κ1) is 10.8. The summed E-state index contributed by atoms with van der Waals surface area (Å²) in [5, 5.41) is 3.21. The Balaban J connectivity index is 2.77. The molecule has 0 spiro atoms. The van der Waals surface area contributed by atoms with Gasteiger partial charge >= 0.3 is 0 Å². The summed E-state index contributed by atoms with van der Waals surface area (Å²) in [4.78, 5) is 4.14. The van der Waals surface area contributed by atoms with E-state index in [-0.39, 0.29) is 6.04 Å². The van der Waals surface area contributed by atoms with E-state index < -0.39 is 0 Å². The summed E-state index contributed by atoms with van der Waals surface area (Å²) in [6.07, 6.45) is 1.71. The molecule has 0 aliphatic heterocycles. The van der Waals surface area contributed by atoms with Crippen molar-refractivity contribution in [2.24, 2.45) is 5.73 Å². The van der Waals surface area contributed by atoms with Gasteiger partial charge in [0.2, 0.25) is 0 Å². The molecule has 0 bridgehead atoms. The highest BCUT2D eigenvalue weighted by Crippen LogP contribution is 2.22. The van der Waals surface area contributed by atoms with Gasteiger partial charge in [0.15, 0.2) is 5.75 Å². The van der Waals surface area contributed by atoms with Gasteiger partial charge < -0.3 is 15.8 Å². The number of nitrogens with zero attached hydrogens (tertiary/aromatic N) is 1. The topological polar surface area (TPSA) is 60.2 Å². The van der Waals surface area contributed by atoms with Gasteiger partial charge in [-0.1, -0.05) is 0 Å². The summed E-state index contributed by atoms with van der Waals surface area (Å²) < 4.78 is 5.17. The quantitative estimate of drug-likeness (QED) is 0.756. The van der Waals surface area contributed by atoms with Crippen LogP contribution < -0.4 is 15.8 Å². The van der Waals surface area contributed by atoms with Crippen molar-refractivity contribution >= 4 is 5.69 Å². The third-order valence-electron chi connectivity index (χ3n) is 1.84. The lowest BCUT2D eigenvalue weighted by Gasteiger charge is -2.12. The van der Waals surface area contributed by atoms with Gasteiger partial charge in [0, 0.05) is 18.3 Å². The fourth-order valence-corrected chi connectivity index (χ4v) is 1.12. The molecule has 78 valence electrons. The van der Waals surface area contributed by atoms with Crippen molar-refractivity contribution in [1.29, 1.82) is 0 Å². The molecule has 0 aliphatic rings. The first-order valence-electron chi connectivity index (χ1n) is 4.63. The zero-order valence-electron chi connectivity index (χ0n) is 8.87. The van der Waals surface area contributed by atoms with E-state index in [4.69, 9.17) is 10.5 Å². The van der Waals surface area contributed by atoms with E-state index >= 15 is 0 Å². The van der Waals surface area contributed by atoms with Crippen molar-refractivity contribution in [1.82, 2.24) is 4.98 Å². The van der Waals surface area contributed by atoms with Crippen LogP contribution >= 0.6 is 0 Å². The lowest BCUT2D eigenvalue weighted by Crippen LogP contribution is -2.25. The number of nitrogens with one attached hydrogen (secondary N) is 1. The molecule has 4 heteroatoms. The maximum atomic E-state index is 5.65. The van der Waals surface area contributed by atoms with E-state index in [0.29, 0.717) is 0 Å². The van der Waals surface area contributed by atoms with Gasteiger partial charge in [0.05, 0.1) is 19.0 Å². The Morgan fingerprint density at radius 2 is 2.36 bits per heavy atom. The number of ether oxygens (including phenoxy) is 1. The molecule has 1 heterocycles. The van der Waals surface area contributed by atoms with E-state index in [1.165, 1.54) is 0 Å². The first-order chi connectivity index (χ1) is 6.63. The second-order valence-corrected chi connectivity index (χ2v) is 3.38. The molecule has 0 aromatic carbocycles. The van der Waals surface area contributed by atoms with Gasteiger partial charge in [-0.15, -0.1) is 0 Å². The number of hydrogen-bond acceptors (Lipinski definition) is 4. The van der Waals surface area contributed by atoms with Crippen molar-refractivity contribution in [2.75, 3.05) is 19.0 Å². The number of pyridine rings is 1. The Bertz CT molecular complexity index is 299. The number of hydrogen-bond donors (Lipinski definition) is 2. The molecule has 14 heavy (non-hydrogen) atoms. The predicted octanol–water partition coefficient (Wildman–Crippen LogP) is 1.16. The highest BCUT2D eigenvalue weighted by molar-refractivity contribution is 5.55. The number of aromatic nitrogens is 1. The van der Waals surface area contributed by atoms with Crippen LogP contribution in [-0.2, 0) is 0 Å². The third kappa shape index (κ3) is 2.88. The molecule has 1 aromatic rings. The Morgan fingerprint density at radius 3 is 2.93 bits per heavy atom. The van der Waals surface area contributed by atoms with Crippen LogP contribution in [0.25, 0.3) is 0 Å². The van der Waals surface area contributed by atoms with Gasteiger partial charge in [0.25, 0.3) is 0 Å². The number of anilines is 1. The minimum absolute atomic E-state index is 0.119. The van der Waals surface area contributed by atoms with E-state index in [1.807, 2.05) is 19.9 Å². The van der Waals surface area contributed by atoms with Crippen LogP contribution in [0.2, 0.25) is 0 Å². The third-order valence-corrected chi connectivity index (χ3v) is 1.84. The summed E-state index contributed by atoms with van der Waals surface area (Å²) >= 11 is 0. The van der Waals surface area contributed by atoms with Gasteiger partial charge in [-0.25, -0.2) is 0 Å². The van der Waals surface area contributed by atoms with Gasteiger partial charge in [-0.05, 0) is 19.9 Å². The van der Waals surface area contributed by atoms with Crippen LogP contribution in [-0.4, -0.2) is 24.7 Å². The minimum Gasteiger partial charge on any atom is -0.493 e. The van der Waals surface area contributed by atoms with Gasteiger partial charge in [-0.2, -0.15) is 0 Å². The maximum absolute atomic E-state index is 5.65. The molecule has 0 fully saturated rings. The number of methoxy groups -OCH3 is 1. The second-order valence-electron chi connectivity index (χ2n) is 3.38. The second kappa shape index (κ2) is 4.81. The Labute approximate surface area is 84.5 Å². The fourth-order valence-electron chi connectivity index (χ4n) is 1.12. The molecule has 0 radical (unpaired) electrons. The van der Waals surface area contributed by atoms with Crippen molar-refractivity contribution in [3.8, 4) is 5.75 Å². The number of nitrogens with two attached hydrogens (primary N) is 1. The molecular formula is C10H17N3O. The van der Waals surface area contributed by atoms with Crippen LogP contribution in [0.3, 0.4) is 0 Å². The Hall–Kier alpha value is -1.29. The van der Waals surface area contributed by atoms with Crippen molar-refractivity contribution in [2.45, 2.75) is 19.9 Å². The van der Waals surface area contributed by atoms with Crippen LogP contribution in [0.4, 0.5) is 5.69 Å². The molecule has 0 saturated carbocycles. The lowest BCUT2D eigenvalue weighted by molar-refractivity contribution is 0.414. The SMILES string of the molecule is COc1cnc(C)cc1NCC(C)N. The average Bonchev–Trinajstić information content (AvgIpc) is 2.15. The predicted molar refractivity (Wildman–Crippen MR) is 57.7 cm³/mol. The summed E-state index contributed by atoms with van der Waals surface area (Å²) in [6.45, 7) is 4.61. The molecule has 0 saturated heterocycles. The van der Waals surface area contributed by atoms with Crippen LogP contribution in [0.1, 0.15) is 12.6 Å². The maximum Gasteiger partial charge on any atom is 0.160 e. The van der Waals surface area contributed by atoms with Crippen molar-refractivity contribution in [3.63, 3.8) is 0 Å². The van der Waals surface area contributed by atoms with Gasteiger partial charge in [-0.3, -0.25) is 4.98 Å². The number of rotatable bonds is 4. The monoisotopic (exact) mass is 195 g/mol. The van der Waals surface area contributed by atoms with E-state index in [0.717, 1.165) is 23.7 Å². The molecular weight excluding hydrogens is 178 g/mol. The summed E-state index contributed by atoms with van der Waals surface area (Å²) in [5.41, 5.74) is 7.55. The van der Waals surface area contributed by atoms with E-state index in [9.17, 15) is 0 Å². The molecule has 1 unspecified atom stereocenters. The molecule has 3 N–H and O–H groups in total. The summed E-state index contributed by atoms with van der Waals surface area (Å²) in [5.74, 6) is 0.747. The zero-order valence-corrected chi connectivity index (χ0v) is 8.87. The Morgan fingerprint density at radius 1 is 1.64 bits per heavy atom. The summed E-state index contributed by atoms with van der Waals surface area (Å²) in [6, 6.07) is 2.06. The van der Waals surface area contributed by atoms with E-state index in [1.54, 1.807) is 13.3 Å². The zero-order chi connectivity index (χ0) is 10.6. The number of aryl methyl sites for hydroxylation is 1. The smallest absolute Gasteiger partial charge is 0.160 e. The largest absolute Gasteiger partial charge is 0.493 e. The van der Waals surface area contributed by atoms with Crippen LogP contribution in [0.5, 0.6) is 5.75 Å². The average molecular weight is 195 g/mol. The molecule has 4 nitrogen and oxygen atoms in total. The van der Waals surface area contributed by atoms with Gasteiger partial charge in [0.1, 0.15) is 0 Å². The highest BCUT2D eigenvalue weighted by atomic mass is 16.5. The molecule has 1 aromatic heterocycles. The van der Waals surface area contributed by atoms with Crippen molar-refractivity contribution < 1.29 is 4.74 Å². The fraction of sp³-hybridized carbons (Fsp3) is 0.500. The Kier molecular flexibility index (Phi) is 3.71. The lowest BCUT2D eigenvalue weighted by atomic mass is 10.3. The van der Waals surface area contributed by atoms with Crippen LogP contribution in [0, 0.1) is 6.92 Å².